The highest BCUT2D eigenvalue weighted by Crippen LogP contribution is 2.27. The van der Waals surface area contributed by atoms with Crippen molar-refractivity contribution in [3.05, 3.63) is 60.2 Å². The second-order valence-corrected chi connectivity index (χ2v) is 8.25. The Kier molecular flexibility index (Phi) is 7.53. The number of para-hydroxylation sites is 2. The van der Waals surface area contributed by atoms with Crippen LogP contribution in [-0.2, 0) is 4.79 Å². The standard InChI is InChI=1S/C24H33N3O2/c1-19(2)17-21(20-9-5-4-6-10-20)25-24(28)18-26-13-15-27(16-14-26)22-11-7-8-12-23(22)29-3/h4-12,19,21H,13-18H2,1-3H3,(H,25,28)/p+1/t21-/m0/s1. The van der Waals surface area contributed by atoms with E-state index in [0.29, 0.717) is 12.5 Å². The van der Waals surface area contributed by atoms with Gasteiger partial charge in [0.1, 0.15) is 5.75 Å². The third-order valence-corrected chi connectivity index (χ3v) is 5.55. The normalized spacial score (nSPS) is 15.9. The van der Waals surface area contributed by atoms with Crippen molar-refractivity contribution in [3.8, 4) is 5.75 Å². The predicted octanol–water partition coefficient (Wildman–Crippen LogP) is 2.30. The Hall–Kier alpha value is -2.53. The van der Waals surface area contributed by atoms with Gasteiger partial charge in [0.15, 0.2) is 6.54 Å². The zero-order valence-electron chi connectivity index (χ0n) is 17.9. The topological polar surface area (TPSA) is 46.0 Å². The Labute approximate surface area is 174 Å². The van der Waals surface area contributed by atoms with Crippen LogP contribution in [0.25, 0.3) is 0 Å². The summed E-state index contributed by atoms with van der Waals surface area (Å²) >= 11 is 0. The zero-order valence-corrected chi connectivity index (χ0v) is 17.9. The smallest absolute Gasteiger partial charge is 0.275 e. The fourth-order valence-electron chi connectivity index (χ4n) is 4.04. The minimum Gasteiger partial charge on any atom is -0.495 e. The fourth-order valence-corrected chi connectivity index (χ4v) is 4.04. The van der Waals surface area contributed by atoms with E-state index < -0.39 is 0 Å². The van der Waals surface area contributed by atoms with Gasteiger partial charge in [0.2, 0.25) is 0 Å². The first-order valence-corrected chi connectivity index (χ1v) is 10.6. The maximum Gasteiger partial charge on any atom is 0.275 e. The number of nitrogens with one attached hydrogen (secondary N) is 2. The molecule has 2 aromatic carbocycles. The Bertz CT molecular complexity index is 771. The molecule has 1 saturated heterocycles. The molecule has 1 aliphatic heterocycles. The number of benzene rings is 2. The van der Waals surface area contributed by atoms with E-state index in [0.717, 1.165) is 44.0 Å². The Morgan fingerprint density at radius 3 is 2.38 bits per heavy atom. The van der Waals surface area contributed by atoms with E-state index >= 15 is 0 Å². The van der Waals surface area contributed by atoms with Gasteiger partial charge in [-0.1, -0.05) is 56.3 Å². The van der Waals surface area contributed by atoms with E-state index in [1.807, 2.05) is 36.4 Å². The maximum atomic E-state index is 12.8. The number of quaternary nitrogens is 1. The lowest BCUT2D eigenvalue weighted by Crippen LogP contribution is -3.16. The van der Waals surface area contributed by atoms with Gasteiger partial charge in [-0.2, -0.15) is 0 Å². The first kappa shape index (κ1) is 21.2. The van der Waals surface area contributed by atoms with Gasteiger partial charge in [-0.05, 0) is 30.0 Å². The SMILES string of the molecule is COc1ccccc1N1CC[NH+](CC(=O)N[C@@H](CC(C)C)c2ccccc2)CC1. The van der Waals surface area contributed by atoms with Crippen LogP contribution in [0.4, 0.5) is 5.69 Å². The molecular formula is C24H34N3O2+. The van der Waals surface area contributed by atoms with Crippen molar-refractivity contribution in [2.75, 3.05) is 44.7 Å². The highest BCUT2D eigenvalue weighted by Gasteiger charge is 2.25. The molecule has 1 heterocycles. The highest BCUT2D eigenvalue weighted by atomic mass is 16.5. The second-order valence-electron chi connectivity index (χ2n) is 8.25. The summed E-state index contributed by atoms with van der Waals surface area (Å²) in [5.74, 6) is 1.57. The quantitative estimate of drug-likeness (QED) is 0.720. The fraction of sp³-hybridized carbons (Fsp3) is 0.458. The molecule has 1 atom stereocenters. The summed E-state index contributed by atoms with van der Waals surface area (Å²) in [5.41, 5.74) is 2.32. The summed E-state index contributed by atoms with van der Waals surface area (Å²) in [6.07, 6.45) is 0.951. The first-order chi connectivity index (χ1) is 14.1. The van der Waals surface area contributed by atoms with Crippen LogP contribution in [0.2, 0.25) is 0 Å². The Morgan fingerprint density at radius 2 is 1.72 bits per heavy atom. The molecule has 0 unspecified atom stereocenters. The molecule has 1 amide bonds. The lowest BCUT2D eigenvalue weighted by Gasteiger charge is -2.34. The largest absolute Gasteiger partial charge is 0.495 e. The average molecular weight is 397 g/mol. The Balaban J connectivity index is 1.53. The third-order valence-electron chi connectivity index (χ3n) is 5.55. The van der Waals surface area contributed by atoms with Gasteiger partial charge in [0, 0.05) is 0 Å². The van der Waals surface area contributed by atoms with Crippen LogP contribution in [0, 0.1) is 5.92 Å². The minimum absolute atomic E-state index is 0.0815. The number of hydrogen-bond acceptors (Lipinski definition) is 3. The summed E-state index contributed by atoms with van der Waals surface area (Å²) < 4.78 is 5.49. The molecule has 5 heteroatoms. The number of nitrogens with zero attached hydrogens (tertiary/aromatic N) is 1. The van der Waals surface area contributed by atoms with Crippen molar-refractivity contribution in [2.24, 2.45) is 5.92 Å². The van der Waals surface area contributed by atoms with Crippen LogP contribution in [0.15, 0.2) is 54.6 Å². The van der Waals surface area contributed by atoms with Crippen LogP contribution in [0.1, 0.15) is 31.9 Å². The van der Waals surface area contributed by atoms with Crippen LogP contribution in [-0.4, -0.2) is 45.7 Å². The van der Waals surface area contributed by atoms with Crippen LogP contribution >= 0.6 is 0 Å². The molecule has 29 heavy (non-hydrogen) atoms. The first-order valence-electron chi connectivity index (χ1n) is 10.6. The van der Waals surface area contributed by atoms with Gasteiger partial charge in [0.25, 0.3) is 5.91 Å². The van der Waals surface area contributed by atoms with Crippen molar-refractivity contribution in [1.29, 1.82) is 0 Å². The molecule has 0 aliphatic carbocycles. The van der Waals surface area contributed by atoms with Gasteiger partial charge in [-0.25, -0.2) is 0 Å². The molecular weight excluding hydrogens is 362 g/mol. The van der Waals surface area contributed by atoms with Gasteiger partial charge in [-0.15, -0.1) is 0 Å². The lowest BCUT2D eigenvalue weighted by atomic mass is 9.97. The van der Waals surface area contributed by atoms with Crippen LogP contribution in [0.5, 0.6) is 5.75 Å². The van der Waals surface area contributed by atoms with Crippen molar-refractivity contribution < 1.29 is 14.4 Å². The number of ether oxygens (including phenoxy) is 1. The highest BCUT2D eigenvalue weighted by molar-refractivity contribution is 5.77. The third kappa shape index (κ3) is 5.97. The van der Waals surface area contributed by atoms with Gasteiger partial charge in [-0.3, -0.25) is 4.79 Å². The molecule has 0 aromatic heterocycles. The van der Waals surface area contributed by atoms with E-state index in [9.17, 15) is 4.79 Å². The molecule has 0 spiro atoms. The number of amides is 1. The van der Waals surface area contributed by atoms with Crippen molar-refractivity contribution >= 4 is 11.6 Å². The van der Waals surface area contributed by atoms with Crippen molar-refractivity contribution in [2.45, 2.75) is 26.3 Å². The monoisotopic (exact) mass is 396 g/mol. The molecule has 2 aromatic rings. The summed E-state index contributed by atoms with van der Waals surface area (Å²) in [4.78, 5) is 16.5. The summed E-state index contributed by atoms with van der Waals surface area (Å²) in [5, 5.41) is 3.28. The number of anilines is 1. The molecule has 0 radical (unpaired) electrons. The molecule has 0 bridgehead atoms. The van der Waals surface area contributed by atoms with Crippen molar-refractivity contribution in [1.82, 2.24) is 5.32 Å². The van der Waals surface area contributed by atoms with Gasteiger partial charge < -0.3 is 19.9 Å². The Morgan fingerprint density at radius 1 is 1.07 bits per heavy atom. The molecule has 1 aliphatic rings. The molecule has 1 fully saturated rings. The van der Waals surface area contributed by atoms with E-state index in [2.05, 4.69) is 42.3 Å². The van der Waals surface area contributed by atoms with Crippen molar-refractivity contribution in [3.63, 3.8) is 0 Å². The van der Waals surface area contributed by atoms with Crippen LogP contribution in [0.3, 0.4) is 0 Å². The number of rotatable bonds is 8. The van der Waals surface area contributed by atoms with E-state index in [4.69, 9.17) is 4.74 Å². The molecule has 5 nitrogen and oxygen atoms in total. The number of piperazine rings is 1. The molecule has 156 valence electrons. The predicted molar refractivity (Wildman–Crippen MR) is 118 cm³/mol. The van der Waals surface area contributed by atoms with Gasteiger partial charge >= 0.3 is 0 Å². The number of methoxy groups -OCH3 is 1. The summed E-state index contributed by atoms with van der Waals surface area (Å²) in [7, 11) is 1.71. The average Bonchev–Trinajstić information content (AvgIpc) is 2.74. The van der Waals surface area contributed by atoms with Gasteiger partial charge in [0.05, 0.1) is 45.0 Å². The molecule has 2 N–H and O–H groups in total. The summed E-state index contributed by atoms with van der Waals surface area (Å²) in [6.45, 7) is 8.68. The van der Waals surface area contributed by atoms with Crippen LogP contribution < -0.4 is 19.9 Å². The van der Waals surface area contributed by atoms with E-state index in [1.54, 1.807) is 7.11 Å². The molecule has 0 saturated carbocycles. The summed E-state index contributed by atoms with van der Waals surface area (Å²) in [6, 6.07) is 18.5. The zero-order chi connectivity index (χ0) is 20.6. The number of carbonyl (C=O) groups excluding carboxylic acids is 1. The number of carbonyl (C=O) groups is 1. The second kappa shape index (κ2) is 10.3. The van der Waals surface area contributed by atoms with E-state index in [-0.39, 0.29) is 11.9 Å². The number of hydrogen-bond donors (Lipinski definition) is 2. The minimum atomic E-state index is 0.0815. The molecule has 3 rings (SSSR count). The lowest BCUT2D eigenvalue weighted by molar-refractivity contribution is -0.892. The van der Waals surface area contributed by atoms with E-state index in [1.165, 1.54) is 10.5 Å². The maximum absolute atomic E-state index is 12.8.